The highest BCUT2D eigenvalue weighted by Gasteiger charge is 2.09. The number of benzene rings is 1. The molecule has 0 amide bonds. The number of nitrogens with one attached hydrogen (secondary N) is 1. The van der Waals surface area contributed by atoms with Crippen LogP contribution in [0, 0.1) is 6.92 Å². The van der Waals surface area contributed by atoms with Gasteiger partial charge in [0.1, 0.15) is 0 Å². The highest BCUT2D eigenvalue weighted by Crippen LogP contribution is 2.15. The summed E-state index contributed by atoms with van der Waals surface area (Å²) in [6.07, 6.45) is 3.60. The van der Waals surface area contributed by atoms with Crippen LogP contribution in [-0.2, 0) is 0 Å². The predicted molar refractivity (Wildman–Crippen MR) is 85.9 cm³/mol. The predicted octanol–water partition coefficient (Wildman–Crippen LogP) is 1.07. The van der Waals surface area contributed by atoms with Crippen LogP contribution in [0.3, 0.4) is 0 Å². The number of piperazine rings is 1. The van der Waals surface area contributed by atoms with E-state index in [0.29, 0.717) is 5.95 Å². The zero-order chi connectivity index (χ0) is 14.7. The second-order valence-electron chi connectivity index (χ2n) is 5.16. The third kappa shape index (κ3) is 3.22. The van der Waals surface area contributed by atoms with E-state index in [1.807, 2.05) is 6.92 Å². The van der Waals surface area contributed by atoms with Crippen molar-refractivity contribution < 1.29 is 0 Å². The van der Waals surface area contributed by atoms with Crippen LogP contribution >= 0.6 is 0 Å². The number of nitrogens with zero attached hydrogens (tertiary/aromatic N) is 4. The Balaban J connectivity index is 1.70. The largest absolute Gasteiger partial charge is 0.369 e. The Morgan fingerprint density at radius 3 is 2.57 bits per heavy atom. The molecule has 0 radical (unpaired) electrons. The fraction of sp³-hybridized carbons (Fsp3) is 0.333. The van der Waals surface area contributed by atoms with Gasteiger partial charge < -0.3 is 16.0 Å². The summed E-state index contributed by atoms with van der Waals surface area (Å²) >= 11 is 0. The number of nitrogens with two attached hydrogens (primary N) is 1. The maximum Gasteiger partial charge on any atom is 0.221 e. The molecule has 3 rings (SSSR count). The number of nitrogen functional groups attached to an aromatic ring is 1. The Hall–Kier alpha value is -2.34. The molecule has 1 aliphatic rings. The maximum absolute atomic E-state index is 5.75. The summed E-state index contributed by atoms with van der Waals surface area (Å²) in [4.78, 5) is 6.50. The van der Waals surface area contributed by atoms with Gasteiger partial charge in [0, 0.05) is 31.9 Å². The third-order valence-corrected chi connectivity index (χ3v) is 3.54. The van der Waals surface area contributed by atoms with Gasteiger partial charge in [0.15, 0.2) is 0 Å². The van der Waals surface area contributed by atoms with Gasteiger partial charge in [0.25, 0.3) is 0 Å². The first kappa shape index (κ1) is 13.6. The van der Waals surface area contributed by atoms with Gasteiger partial charge >= 0.3 is 0 Å². The molecule has 110 valence electrons. The van der Waals surface area contributed by atoms with E-state index in [1.165, 1.54) is 5.69 Å². The first-order chi connectivity index (χ1) is 10.2. The van der Waals surface area contributed by atoms with Crippen LogP contribution in [0.5, 0.6) is 0 Å². The Kier molecular flexibility index (Phi) is 3.87. The lowest BCUT2D eigenvalue weighted by atomic mass is 10.2. The quantitative estimate of drug-likeness (QED) is 0.827. The average molecular weight is 284 g/mol. The molecule has 1 fully saturated rings. The van der Waals surface area contributed by atoms with Crippen LogP contribution in [0.15, 0.2) is 35.6 Å². The van der Waals surface area contributed by atoms with Crippen LogP contribution < -0.4 is 16.0 Å². The first-order valence-electron chi connectivity index (χ1n) is 7.14. The average Bonchev–Trinajstić information content (AvgIpc) is 2.84. The van der Waals surface area contributed by atoms with Crippen LogP contribution in [0.4, 0.5) is 11.6 Å². The Morgan fingerprint density at radius 1 is 1.24 bits per heavy atom. The van der Waals surface area contributed by atoms with Crippen LogP contribution in [0.25, 0.3) is 0 Å². The number of rotatable bonds is 3. The van der Waals surface area contributed by atoms with Gasteiger partial charge in [0.2, 0.25) is 5.95 Å². The highest BCUT2D eigenvalue weighted by atomic mass is 15.4. The highest BCUT2D eigenvalue weighted by molar-refractivity contribution is 5.80. The number of hydrogen-bond acceptors (Lipinski definition) is 5. The minimum atomic E-state index is 0.404. The van der Waals surface area contributed by atoms with E-state index in [-0.39, 0.29) is 0 Å². The number of imidazole rings is 1. The molecule has 0 bridgehead atoms. The minimum absolute atomic E-state index is 0.404. The van der Waals surface area contributed by atoms with E-state index < -0.39 is 0 Å². The van der Waals surface area contributed by atoms with Crippen molar-refractivity contribution in [1.82, 2.24) is 15.0 Å². The molecule has 0 spiro atoms. The molecule has 6 heteroatoms. The summed E-state index contributed by atoms with van der Waals surface area (Å²) in [6, 6.07) is 8.41. The molecule has 1 aromatic carbocycles. The Morgan fingerprint density at radius 2 is 1.95 bits per heavy atom. The monoisotopic (exact) mass is 284 g/mol. The summed E-state index contributed by atoms with van der Waals surface area (Å²) in [7, 11) is 0. The second-order valence-corrected chi connectivity index (χ2v) is 5.16. The SMILES string of the molecule is Cc1cn(N=Cc2ccc(N3CCNCC3)cc2)c(N)n1. The summed E-state index contributed by atoms with van der Waals surface area (Å²) in [6.45, 7) is 6.09. The first-order valence-corrected chi connectivity index (χ1v) is 7.14. The van der Waals surface area contributed by atoms with E-state index in [1.54, 1.807) is 17.1 Å². The molecular weight excluding hydrogens is 264 g/mol. The summed E-state index contributed by atoms with van der Waals surface area (Å²) in [5, 5.41) is 7.68. The van der Waals surface area contributed by atoms with E-state index in [9.17, 15) is 0 Å². The van der Waals surface area contributed by atoms with E-state index in [0.717, 1.165) is 37.4 Å². The normalized spacial score (nSPS) is 15.8. The van der Waals surface area contributed by atoms with Gasteiger partial charge in [-0.3, -0.25) is 0 Å². The number of aryl methyl sites for hydroxylation is 1. The molecule has 0 saturated carbocycles. The van der Waals surface area contributed by atoms with Gasteiger partial charge in [-0.1, -0.05) is 12.1 Å². The molecule has 1 aromatic heterocycles. The Bertz CT molecular complexity index is 622. The van der Waals surface area contributed by atoms with E-state index >= 15 is 0 Å². The molecule has 3 N–H and O–H groups in total. The van der Waals surface area contributed by atoms with Crippen LogP contribution in [0.2, 0.25) is 0 Å². The third-order valence-electron chi connectivity index (χ3n) is 3.54. The molecule has 0 unspecified atom stereocenters. The summed E-state index contributed by atoms with van der Waals surface area (Å²) < 4.78 is 1.58. The molecule has 2 aromatic rings. The van der Waals surface area contributed by atoms with E-state index in [4.69, 9.17) is 5.73 Å². The fourth-order valence-electron chi connectivity index (χ4n) is 2.42. The maximum atomic E-state index is 5.75. The smallest absolute Gasteiger partial charge is 0.221 e. The van der Waals surface area contributed by atoms with Crippen LogP contribution in [-0.4, -0.2) is 42.1 Å². The van der Waals surface area contributed by atoms with Gasteiger partial charge in [-0.25, -0.2) is 9.66 Å². The number of aromatic nitrogens is 2. The van der Waals surface area contributed by atoms with Gasteiger partial charge in [0.05, 0.1) is 18.1 Å². The molecular formula is C15H20N6. The zero-order valence-corrected chi connectivity index (χ0v) is 12.2. The van der Waals surface area contributed by atoms with Crippen molar-refractivity contribution >= 4 is 17.9 Å². The van der Waals surface area contributed by atoms with Crippen molar-refractivity contribution in [3.05, 3.63) is 41.7 Å². The fourth-order valence-corrected chi connectivity index (χ4v) is 2.42. The van der Waals surface area contributed by atoms with Gasteiger partial charge in [-0.2, -0.15) is 5.10 Å². The topological polar surface area (TPSA) is 71.5 Å². The van der Waals surface area contributed by atoms with Gasteiger partial charge in [-0.05, 0) is 24.6 Å². The standard InChI is InChI=1S/C15H20N6/c1-12-11-21(15(16)19-12)18-10-13-2-4-14(5-3-13)20-8-6-17-7-9-20/h2-5,10-11,17H,6-9H2,1H3,(H2,16,19). The molecule has 6 nitrogen and oxygen atoms in total. The minimum Gasteiger partial charge on any atom is -0.369 e. The second kappa shape index (κ2) is 5.97. The van der Waals surface area contributed by atoms with Crippen molar-refractivity contribution in [2.45, 2.75) is 6.92 Å². The van der Waals surface area contributed by atoms with Crippen molar-refractivity contribution in [3.63, 3.8) is 0 Å². The van der Waals surface area contributed by atoms with Crippen molar-refractivity contribution in [1.29, 1.82) is 0 Å². The lowest BCUT2D eigenvalue weighted by Gasteiger charge is -2.29. The molecule has 0 aliphatic carbocycles. The molecule has 1 saturated heterocycles. The van der Waals surface area contributed by atoms with E-state index in [2.05, 4.69) is 44.6 Å². The number of hydrogen-bond donors (Lipinski definition) is 2. The lowest BCUT2D eigenvalue weighted by molar-refractivity contribution is 0.589. The lowest BCUT2D eigenvalue weighted by Crippen LogP contribution is -2.43. The van der Waals surface area contributed by atoms with Gasteiger partial charge in [-0.15, -0.1) is 0 Å². The molecule has 2 heterocycles. The van der Waals surface area contributed by atoms with Crippen molar-refractivity contribution in [2.24, 2.45) is 5.10 Å². The van der Waals surface area contributed by atoms with Crippen LogP contribution in [0.1, 0.15) is 11.3 Å². The zero-order valence-electron chi connectivity index (χ0n) is 12.2. The molecule has 21 heavy (non-hydrogen) atoms. The van der Waals surface area contributed by atoms with Crippen molar-refractivity contribution in [3.8, 4) is 0 Å². The molecule has 0 atom stereocenters. The Labute approximate surface area is 124 Å². The molecule has 1 aliphatic heterocycles. The summed E-state index contributed by atoms with van der Waals surface area (Å²) in [5.74, 6) is 0.404. The van der Waals surface area contributed by atoms with Crippen molar-refractivity contribution in [2.75, 3.05) is 36.8 Å². The summed E-state index contributed by atoms with van der Waals surface area (Å²) in [5.41, 5.74) is 8.91. The number of anilines is 2.